The van der Waals surface area contributed by atoms with Gasteiger partial charge in [0, 0.05) is 31.7 Å². The van der Waals surface area contributed by atoms with Crippen molar-refractivity contribution in [1.29, 1.82) is 0 Å². The van der Waals surface area contributed by atoms with Crippen LogP contribution in [0.2, 0.25) is 0 Å². The number of hydrogen-bond acceptors (Lipinski definition) is 4. The molecule has 2 aliphatic rings. The first-order valence-electron chi connectivity index (χ1n) is 10.4. The quantitative estimate of drug-likeness (QED) is 0.705. The van der Waals surface area contributed by atoms with Crippen molar-refractivity contribution in [3.05, 3.63) is 65.2 Å². The lowest BCUT2D eigenvalue weighted by Crippen LogP contribution is -2.51. The van der Waals surface area contributed by atoms with E-state index in [2.05, 4.69) is 6.07 Å². The van der Waals surface area contributed by atoms with Gasteiger partial charge in [-0.2, -0.15) is 4.31 Å². The summed E-state index contributed by atoms with van der Waals surface area (Å²) in [6.07, 6.45) is 2.84. The van der Waals surface area contributed by atoms with Crippen molar-refractivity contribution in [2.75, 3.05) is 26.2 Å². The second-order valence-corrected chi connectivity index (χ2v) is 9.89. The Balaban J connectivity index is 1.46. The molecule has 0 unspecified atom stereocenters. The average Bonchev–Trinajstić information content (AvgIpc) is 2.78. The fourth-order valence-electron chi connectivity index (χ4n) is 4.40. The lowest BCUT2D eigenvalue weighted by molar-refractivity contribution is -0.134. The third-order valence-electron chi connectivity index (χ3n) is 6.10. The SMILES string of the molecule is CC(=O)c1cccc(S(=O)(=O)N2CCN(C(=O)[C@H]3CCCc4ccccc43)CC2)c1. The van der Waals surface area contributed by atoms with Crippen molar-refractivity contribution >= 4 is 21.7 Å². The zero-order chi connectivity index (χ0) is 21.3. The average molecular weight is 427 g/mol. The molecule has 1 amide bonds. The molecule has 158 valence electrons. The molecule has 2 aromatic rings. The second kappa shape index (κ2) is 8.32. The van der Waals surface area contributed by atoms with Crippen LogP contribution >= 0.6 is 0 Å². The Morgan fingerprint density at radius 1 is 0.967 bits per heavy atom. The van der Waals surface area contributed by atoms with Gasteiger partial charge in [-0.3, -0.25) is 9.59 Å². The van der Waals surface area contributed by atoms with Gasteiger partial charge in [-0.25, -0.2) is 8.42 Å². The molecule has 4 rings (SSSR count). The molecule has 1 atom stereocenters. The summed E-state index contributed by atoms with van der Waals surface area (Å²) in [6.45, 7) is 2.69. The fourth-order valence-corrected chi connectivity index (χ4v) is 5.87. The Hall–Kier alpha value is -2.51. The number of piperazine rings is 1. The standard InChI is InChI=1S/C23H26N2O4S/c1-17(26)19-8-4-9-20(16-19)30(28,29)25-14-12-24(13-15-25)23(27)22-11-5-7-18-6-2-3-10-21(18)22/h2-4,6,8-10,16,22H,5,7,11-15H2,1H3/t22-/m0/s1. The van der Waals surface area contributed by atoms with Crippen molar-refractivity contribution in [3.63, 3.8) is 0 Å². The van der Waals surface area contributed by atoms with Crippen molar-refractivity contribution < 1.29 is 18.0 Å². The Kier molecular flexibility index (Phi) is 5.75. The number of aryl methyl sites for hydroxylation is 1. The largest absolute Gasteiger partial charge is 0.340 e. The van der Waals surface area contributed by atoms with Gasteiger partial charge in [-0.1, -0.05) is 36.4 Å². The Morgan fingerprint density at radius 3 is 2.43 bits per heavy atom. The third kappa shape index (κ3) is 3.91. The second-order valence-electron chi connectivity index (χ2n) is 7.96. The monoisotopic (exact) mass is 426 g/mol. The van der Waals surface area contributed by atoms with E-state index in [1.54, 1.807) is 17.0 Å². The number of sulfonamides is 1. The van der Waals surface area contributed by atoms with Crippen LogP contribution in [0, 0.1) is 0 Å². The number of ketones is 1. The first-order chi connectivity index (χ1) is 14.4. The molecule has 0 radical (unpaired) electrons. The van der Waals surface area contributed by atoms with E-state index in [-0.39, 0.29) is 35.6 Å². The maximum Gasteiger partial charge on any atom is 0.243 e. The van der Waals surface area contributed by atoms with Crippen LogP contribution in [-0.4, -0.2) is 55.5 Å². The van der Waals surface area contributed by atoms with Gasteiger partial charge in [0.15, 0.2) is 5.78 Å². The minimum absolute atomic E-state index is 0.0952. The lowest BCUT2D eigenvalue weighted by Gasteiger charge is -2.37. The van der Waals surface area contributed by atoms with Crippen LogP contribution in [0.4, 0.5) is 0 Å². The summed E-state index contributed by atoms with van der Waals surface area (Å²) >= 11 is 0. The molecule has 1 saturated heterocycles. The number of hydrogen-bond donors (Lipinski definition) is 0. The van der Waals surface area contributed by atoms with Gasteiger partial charge in [0.1, 0.15) is 0 Å². The normalized spacial score (nSPS) is 19.9. The summed E-state index contributed by atoms with van der Waals surface area (Å²) in [5, 5.41) is 0. The number of fused-ring (bicyclic) bond motifs is 1. The van der Waals surface area contributed by atoms with Gasteiger partial charge in [0.05, 0.1) is 10.8 Å². The molecular formula is C23H26N2O4S. The third-order valence-corrected chi connectivity index (χ3v) is 7.99. The highest BCUT2D eigenvalue weighted by atomic mass is 32.2. The van der Waals surface area contributed by atoms with Gasteiger partial charge < -0.3 is 4.90 Å². The molecule has 2 aromatic carbocycles. The molecule has 7 heteroatoms. The van der Waals surface area contributed by atoms with Crippen LogP contribution in [0.5, 0.6) is 0 Å². The van der Waals surface area contributed by atoms with Crippen LogP contribution in [0.25, 0.3) is 0 Å². The van der Waals surface area contributed by atoms with E-state index in [9.17, 15) is 18.0 Å². The first kappa shape index (κ1) is 20.8. The number of rotatable bonds is 4. The Morgan fingerprint density at radius 2 is 1.70 bits per heavy atom. The summed E-state index contributed by atoms with van der Waals surface area (Å²) in [5.74, 6) is -0.210. The van der Waals surface area contributed by atoms with E-state index in [0.29, 0.717) is 18.7 Å². The zero-order valence-corrected chi connectivity index (χ0v) is 17.9. The fraction of sp³-hybridized carbons (Fsp3) is 0.391. The number of carbonyl (C=O) groups is 2. The summed E-state index contributed by atoms with van der Waals surface area (Å²) in [7, 11) is -3.70. The topological polar surface area (TPSA) is 74.8 Å². The number of nitrogens with zero attached hydrogens (tertiary/aromatic N) is 2. The van der Waals surface area contributed by atoms with Gasteiger partial charge in [0.2, 0.25) is 15.9 Å². The van der Waals surface area contributed by atoms with Crippen LogP contribution in [0.1, 0.15) is 47.2 Å². The smallest absolute Gasteiger partial charge is 0.243 e. The molecule has 1 aliphatic carbocycles. The van der Waals surface area contributed by atoms with Gasteiger partial charge in [0.25, 0.3) is 0 Å². The van der Waals surface area contributed by atoms with E-state index in [4.69, 9.17) is 0 Å². The molecule has 0 aromatic heterocycles. The maximum absolute atomic E-state index is 13.2. The summed E-state index contributed by atoms with van der Waals surface area (Å²) in [4.78, 5) is 26.7. The van der Waals surface area contributed by atoms with Crippen LogP contribution in [0.3, 0.4) is 0 Å². The predicted octanol–water partition coefficient (Wildman–Crippen LogP) is 2.84. The Bertz CT molecular complexity index is 1070. The molecule has 0 N–H and O–H groups in total. The van der Waals surface area contributed by atoms with E-state index >= 15 is 0 Å². The summed E-state index contributed by atoms with van der Waals surface area (Å²) < 4.78 is 27.4. The minimum atomic E-state index is -3.70. The van der Waals surface area contributed by atoms with Crippen molar-refractivity contribution in [2.24, 2.45) is 0 Å². The first-order valence-corrected chi connectivity index (χ1v) is 11.8. The van der Waals surface area contributed by atoms with Crippen molar-refractivity contribution in [2.45, 2.75) is 37.0 Å². The Labute approximate surface area is 177 Å². The van der Waals surface area contributed by atoms with Crippen LogP contribution in [0.15, 0.2) is 53.4 Å². The highest BCUT2D eigenvalue weighted by Gasteiger charge is 2.34. The number of amides is 1. The number of carbonyl (C=O) groups excluding carboxylic acids is 2. The van der Waals surface area contributed by atoms with Crippen molar-refractivity contribution in [3.8, 4) is 0 Å². The van der Waals surface area contributed by atoms with Gasteiger partial charge in [-0.05, 0) is 49.4 Å². The van der Waals surface area contributed by atoms with Crippen LogP contribution < -0.4 is 0 Å². The molecule has 0 saturated carbocycles. The van der Waals surface area contributed by atoms with Crippen LogP contribution in [-0.2, 0) is 21.2 Å². The van der Waals surface area contributed by atoms with E-state index in [1.165, 1.54) is 28.9 Å². The predicted molar refractivity (Wildman–Crippen MR) is 114 cm³/mol. The highest BCUT2D eigenvalue weighted by molar-refractivity contribution is 7.89. The molecule has 0 spiro atoms. The van der Waals surface area contributed by atoms with Crippen molar-refractivity contribution in [1.82, 2.24) is 9.21 Å². The molecule has 30 heavy (non-hydrogen) atoms. The maximum atomic E-state index is 13.2. The van der Waals surface area contributed by atoms with E-state index in [0.717, 1.165) is 24.8 Å². The number of benzene rings is 2. The van der Waals surface area contributed by atoms with E-state index in [1.807, 2.05) is 18.2 Å². The highest BCUT2D eigenvalue weighted by Crippen LogP contribution is 2.33. The van der Waals surface area contributed by atoms with E-state index < -0.39 is 10.0 Å². The zero-order valence-electron chi connectivity index (χ0n) is 17.1. The summed E-state index contributed by atoms with van der Waals surface area (Å²) in [6, 6.07) is 14.3. The number of Topliss-reactive ketones (excluding diaryl/α,β-unsaturated/α-hetero) is 1. The summed E-state index contributed by atoms with van der Waals surface area (Å²) in [5.41, 5.74) is 2.74. The molecular weight excluding hydrogens is 400 g/mol. The molecule has 1 fully saturated rings. The minimum Gasteiger partial charge on any atom is -0.340 e. The molecule has 6 nitrogen and oxygen atoms in total. The molecule has 0 bridgehead atoms. The molecule has 1 aliphatic heterocycles. The molecule has 1 heterocycles. The van der Waals surface area contributed by atoms with Gasteiger partial charge >= 0.3 is 0 Å². The lowest BCUT2D eigenvalue weighted by atomic mass is 9.82. The van der Waals surface area contributed by atoms with Gasteiger partial charge in [-0.15, -0.1) is 0 Å².